The average molecular weight is 336 g/mol. The third kappa shape index (κ3) is 3.55. The fraction of sp³-hybridized carbons (Fsp3) is 0.350. The molecule has 1 N–H and O–H groups in total. The van der Waals surface area contributed by atoms with Gasteiger partial charge in [-0.15, -0.1) is 0 Å². The molecule has 5 nitrogen and oxygen atoms in total. The number of rotatable bonds is 5. The monoisotopic (exact) mass is 336 g/mol. The summed E-state index contributed by atoms with van der Waals surface area (Å²) in [5.74, 6) is -0.126. The number of hydrogen-bond acceptors (Lipinski definition) is 3. The minimum atomic E-state index is -0.126. The number of aromatic nitrogens is 3. The van der Waals surface area contributed by atoms with E-state index in [9.17, 15) is 4.79 Å². The van der Waals surface area contributed by atoms with E-state index in [4.69, 9.17) is 0 Å². The minimum Gasteiger partial charge on any atom is -0.345 e. The number of hydrogen-bond donors (Lipinski definition) is 1. The van der Waals surface area contributed by atoms with Crippen LogP contribution in [-0.4, -0.2) is 20.7 Å². The maximum atomic E-state index is 12.6. The first-order chi connectivity index (χ1) is 12.0. The first-order valence-corrected chi connectivity index (χ1v) is 8.72. The summed E-state index contributed by atoms with van der Waals surface area (Å²) in [5.41, 5.74) is 3.73. The Morgan fingerprint density at radius 3 is 2.52 bits per heavy atom. The standard InChI is InChI=1S/C20H24N4O/c1-5-15-6-8-16(9-7-15)14(4)23-20(25)18-10-17-12-22-24(13(2)3)19(17)21-11-18/h6-14H,5H2,1-4H3,(H,23,25). The lowest BCUT2D eigenvalue weighted by atomic mass is 10.0. The molecule has 0 spiro atoms. The van der Waals surface area contributed by atoms with Crippen LogP contribution < -0.4 is 5.32 Å². The van der Waals surface area contributed by atoms with Crippen molar-refractivity contribution >= 4 is 16.9 Å². The fourth-order valence-electron chi connectivity index (χ4n) is 2.85. The Morgan fingerprint density at radius 1 is 1.16 bits per heavy atom. The van der Waals surface area contributed by atoms with Crippen LogP contribution in [-0.2, 0) is 6.42 Å². The molecule has 0 aliphatic rings. The van der Waals surface area contributed by atoms with Gasteiger partial charge in [0, 0.05) is 17.6 Å². The van der Waals surface area contributed by atoms with E-state index in [0.29, 0.717) is 5.56 Å². The Bertz CT molecular complexity index is 880. The second kappa shape index (κ2) is 7.05. The lowest BCUT2D eigenvalue weighted by Gasteiger charge is -2.15. The predicted molar refractivity (Wildman–Crippen MR) is 99.6 cm³/mol. The van der Waals surface area contributed by atoms with Crippen LogP contribution in [0, 0.1) is 0 Å². The molecule has 0 saturated heterocycles. The van der Waals surface area contributed by atoms with Crippen LogP contribution in [0.5, 0.6) is 0 Å². The third-order valence-electron chi connectivity index (χ3n) is 4.42. The first-order valence-electron chi connectivity index (χ1n) is 8.72. The van der Waals surface area contributed by atoms with E-state index in [1.54, 1.807) is 12.4 Å². The smallest absolute Gasteiger partial charge is 0.253 e. The van der Waals surface area contributed by atoms with E-state index < -0.39 is 0 Å². The molecule has 2 aromatic heterocycles. The maximum Gasteiger partial charge on any atom is 0.253 e. The summed E-state index contributed by atoms with van der Waals surface area (Å²) in [6.45, 7) is 8.23. The number of fused-ring (bicyclic) bond motifs is 1. The highest BCUT2D eigenvalue weighted by Crippen LogP contribution is 2.18. The van der Waals surface area contributed by atoms with E-state index in [1.807, 2.05) is 17.7 Å². The largest absolute Gasteiger partial charge is 0.345 e. The van der Waals surface area contributed by atoms with Crippen molar-refractivity contribution < 1.29 is 4.79 Å². The average Bonchev–Trinajstić information content (AvgIpc) is 3.05. The number of benzene rings is 1. The van der Waals surface area contributed by atoms with Crippen LogP contribution in [0.25, 0.3) is 11.0 Å². The second-order valence-electron chi connectivity index (χ2n) is 6.61. The van der Waals surface area contributed by atoms with E-state index in [2.05, 4.69) is 60.4 Å². The molecule has 25 heavy (non-hydrogen) atoms. The van der Waals surface area contributed by atoms with Crippen molar-refractivity contribution in [3.8, 4) is 0 Å². The molecule has 3 rings (SSSR count). The number of amides is 1. The maximum absolute atomic E-state index is 12.6. The zero-order chi connectivity index (χ0) is 18.0. The van der Waals surface area contributed by atoms with Gasteiger partial charge >= 0.3 is 0 Å². The van der Waals surface area contributed by atoms with Crippen LogP contribution in [0.1, 0.15) is 61.3 Å². The van der Waals surface area contributed by atoms with Gasteiger partial charge in [0.1, 0.15) is 0 Å². The molecule has 0 saturated carbocycles. The highest BCUT2D eigenvalue weighted by molar-refractivity contribution is 5.97. The fourth-order valence-corrected chi connectivity index (χ4v) is 2.85. The van der Waals surface area contributed by atoms with Crippen molar-refractivity contribution in [3.63, 3.8) is 0 Å². The van der Waals surface area contributed by atoms with E-state index in [0.717, 1.165) is 23.0 Å². The van der Waals surface area contributed by atoms with Gasteiger partial charge in [0.15, 0.2) is 5.65 Å². The molecule has 0 fully saturated rings. The van der Waals surface area contributed by atoms with E-state index in [-0.39, 0.29) is 18.0 Å². The molecule has 1 unspecified atom stereocenters. The van der Waals surface area contributed by atoms with Crippen LogP contribution in [0.2, 0.25) is 0 Å². The number of aryl methyl sites for hydroxylation is 1. The van der Waals surface area contributed by atoms with Gasteiger partial charge < -0.3 is 5.32 Å². The Labute approximate surface area is 148 Å². The van der Waals surface area contributed by atoms with Crippen LogP contribution in [0.15, 0.2) is 42.7 Å². The molecule has 1 atom stereocenters. The van der Waals surface area contributed by atoms with E-state index in [1.165, 1.54) is 5.56 Å². The zero-order valence-electron chi connectivity index (χ0n) is 15.2. The molecular formula is C20H24N4O. The van der Waals surface area contributed by atoms with E-state index >= 15 is 0 Å². The van der Waals surface area contributed by atoms with Gasteiger partial charge in [0.2, 0.25) is 0 Å². The van der Waals surface area contributed by atoms with Crippen molar-refractivity contribution in [3.05, 3.63) is 59.4 Å². The van der Waals surface area contributed by atoms with Crippen molar-refractivity contribution in [1.29, 1.82) is 0 Å². The lowest BCUT2D eigenvalue weighted by molar-refractivity contribution is 0.0939. The molecule has 0 radical (unpaired) electrons. The number of carbonyl (C=O) groups is 1. The summed E-state index contributed by atoms with van der Waals surface area (Å²) < 4.78 is 1.86. The van der Waals surface area contributed by atoms with Crippen molar-refractivity contribution in [2.75, 3.05) is 0 Å². The summed E-state index contributed by atoms with van der Waals surface area (Å²) in [5, 5.41) is 8.26. The molecule has 0 aliphatic carbocycles. The van der Waals surface area contributed by atoms with Crippen molar-refractivity contribution in [1.82, 2.24) is 20.1 Å². The van der Waals surface area contributed by atoms with Gasteiger partial charge in [0.05, 0.1) is 17.8 Å². The van der Waals surface area contributed by atoms with Gasteiger partial charge in [-0.3, -0.25) is 4.79 Å². The normalized spacial score (nSPS) is 12.5. The summed E-state index contributed by atoms with van der Waals surface area (Å²) in [4.78, 5) is 17.0. The molecule has 1 aromatic carbocycles. The van der Waals surface area contributed by atoms with Crippen LogP contribution in [0.4, 0.5) is 0 Å². The molecule has 5 heteroatoms. The van der Waals surface area contributed by atoms with Gasteiger partial charge in [-0.25, -0.2) is 9.67 Å². The Balaban J connectivity index is 1.77. The Morgan fingerprint density at radius 2 is 1.88 bits per heavy atom. The molecular weight excluding hydrogens is 312 g/mol. The zero-order valence-corrected chi connectivity index (χ0v) is 15.2. The summed E-state index contributed by atoms with van der Waals surface area (Å²) in [6.07, 6.45) is 4.38. The van der Waals surface area contributed by atoms with Crippen LogP contribution in [0.3, 0.4) is 0 Å². The topological polar surface area (TPSA) is 59.8 Å². The van der Waals surface area contributed by atoms with Gasteiger partial charge in [-0.1, -0.05) is 31.2 Å². The summed E-state index contributed by atoms with van der Waals surface area (Å²) in [6, 6.07) is 10.4. The summed E-state index contributed by atoms with van der Waals surface area (Å²) in [7, 11) is 0. The molecule has 0 aliphatic heterocycles. The third-order valence-corrected chi connectivity index (χ3v) is 4.42. The van der Waals surface area contributed by atoms with Gasteiger partial charge in [-0.05, 0) is 44.4 Å². The number of carbonyl (C=O) groups excluding carboxylic acids is 1. The van der Waals surface area contributed by atoms with Gasteiger partial charge in [-0.2, -0.15) is 5.10 Å². The predicted octanol–water partition coefficient (Wildman–Crippen LogP) is 4.07. The molecule has 130 valence electrons. The number of nitrogens with zero attached hydrogens (tertiary/aromatic N) is 3. The second-order valence-corrected chi connectivity index (χ2v) is 6.61. The lowest BCUT2D eigenvalue weighted by Crippen LogP contribution is -2.26. The first kappa shape index (κ1) is 17.1. The number of nitrogens with one attached hydrogen (secondary N) is 1. The minimum absolute atomic E-state index is 0.0625. The van der Waals surface area contributed by atoms with Crippen molar-refractivity contribution in [2.45, 2.75) is 46.2 Å². The molecule has 3 aromatic rings. The van der Waals surface area contributed by atoms with Gasteiger partial charge in [0.25, 0.3) is 5.91 Å². The highest BCUT2D eigenvalue weighted by Gasteiger charge is 2.14. The highest BCUT2D eigenvalue weighted by atomic mass is 16.1. The Hall–Kier alpha value is -2.69. The molecule has 2 heterocycles. The quantitative estimate of drug-likeness (QED) is 0.764. The molecule has 1 amide bonds. The Kier molecular flexibility index (Phi) is 4.83. The van der Waals surface area contributed by atoms with Crippen molar-refractivity contribution in [2.24, 2.45) is 0 Å². The summed E-state index contributed by atoms with van der Waals surface area (Å²) >= 11 is 0. The van der Waals surface area contributed by atoms with Crippen LogP contribution >= 0.6 is 0 Å². The number of pyridine rings is 1. The SMILES string of the molecule is CCc1ccc(C(C)NC(=O)c2cnc3c(cnn3C(C)C)c2)cc1. The molecule has 0 bridgehead atoms.